The van der Waals surface area contributed by atoms with Crippen LogP contribution in [0.3, 0.4) is 0 Å². The van der Waals surface area contributed by atoms with Crippen molar-refractivity contribution in [3.05, 3.63) is 40.5 Å². The molecule has 1 aromatic carbocycles. The lowest BCUT2D eigenvalue weighted by Crippen LogP contribution is -2.00. The van der Waals surface area contributed by atoms with Crippen molar-refractivity contribution in [1.29, 1.82) is 0 Å². The van der Waals surface area contributed by atoms with Gasteiger partial charge in [-0.1, -0.05) is 0 Å². The molecular weight excluding hydrogens is 336 g/mol. The molecule has 0 saturated heterocycles. The number of phenolic OH excluding ortho intramolecular Hbond substituents is 1. The molecule has 2 heterocycles. The third kappa shape index (κ3) is 3.02. The molecule has 3 aromatic rings. The minimum Gasteiger partial charge on any atom is -0.504 e. The Morgan fingerprint density at radius 2 is 2.16 bits per heavy atom. The van der Waals surface area contributed by atoms with Crippen molar-refractivity contribution < 1.29 is 9.84 Å². The molecule has 0 aliphatic heterocycles. The van der Waals surface area contributed by atoms with Crippen LogP contribution in [0.4, 0.5) is 5.82 Å². The van der Waals surface area contributed by atoms with Crippen LogP contribution in [0.2, 0.25) is 0 Å². The largest absolute Gasteiger partial charge is 0.504 e. The SMILES string of the molecule is COc1ccc(/C=N\Nc2ncnc3sc4c(c23)CCCC4)cc1O. The molecule has 6 nitrogen and oxygen atoms in total. The molecule has 2 N–H and O–H groups in total. The first kappa shape index (κ1) is 15.8. The number of nitrogens with zero attached hydrogens (tertiary/aromatic N) is 3. The number of hydrogen-bond donors (Lipinski definition) is 2. The van der Waals surface area contributed by atoms with Crippen LogP contribution in [-0.2, 0) is 12.8 Å². The molecule has 1 aliphatic carbocycles. The van der Waals surface area contributed by atoms with Gasteiger partial charge in [0.2, 0.25) is 0 Å². The quantitative estimate of drug-likeness (QED) is 0.551. The molecule has 7 heteroatoms. The van der Waals surface area contributed by atoms with Crippen molar-refractivity contribution in [2.75, 3.05) is 12.5 Å². The van der Waals surface area contributed by atoms with E-state index in [0.717, 1.165) is 34.4 Å². The van der Waals surface area contributed by atoms with Crippen molar-refractivity contribution in [2.45, 2.75) is 25.7 Å². The second-order valence-electron chi connectivity index (χ2n) is 5.91. The number of hydrogen-bond acceptors (Lipinski definition) is 7. The zero-order chi connectivity index (χ0) is 17.2. The number of thiophene rings is 1. The summed E-state index contributed by atoms with van der Waals surface area (Å²) in [6.45, 7) is 0. The molecule has 1 aliphatic rings. The normalized spacial score (nSPS) is 14.0. The molecule has 0 fully saturated rings. The first-order valence-electron chi connectivity index (χ1n) is 8.17. The van der Waals surface area contributed by atoms with E-state index in [-0.39, 0.29) is 5.75 Å². The van der Waals surface area contributed by atoms with Crippen LogP contribution in [0.25, 0.3) is 10.2 Å². The van der Waals surface area contributed by atoms with Gasteiger partial charge in [-0.3, -0.25) is 5.43 Å². The highest BCUT2D eigenvalue weighted by Gasteiger charge is 2.19. The fourth-order valence-corrected chi connectivity index (χ4v) is 4.36. The lowest BCUT2D eigenvalue weighted by atomic mass is 9.97. The maximum atomic E-state index is 9.83. The van der Waals surface area contributed by atoms with Gasteiger partial charge >= 0.3 is 0 Å². The van der Waals surface area contributed by atoms with E-state index in [9.17, 15) is 5.11 Å². The summed E-state index contributed by atoms with van der Waals surface area (Å²) in [4.78, 5) is 11.2. The van der Waals surface area contributed by atoms with Gasteiger partial charge in [0, 0.05) is 4.88 Å². The van der Waals surface area contributed by atoms with Crippen LogP contribution in [0, 0.1) is 0 Å². The molecule has 25 heavy (non-hydrogen) atoms. The number of fused-ring (bicyclic) bond motifs is 3. The summed E-state index contributed by atoms with van der Waals surface area (Å²) in [7, 11) is 1.52. The van der Waals surface area contributed by atoms with E-state index in [2.05, 4.69) is 20.5 Å². The molecule has 2 aromatic heterocycles. The highest BCUT2D eigenvalue weighted by molar-refractivity contribution is 7.19. The van der Waals surface area contributed by atoms with Crippen molar-refractivity contribution in [1.82, 2.24) is 9.97 Å². The van der Waals surface area contributed by atoms with Crippen LogP contribution < -0.4 is 10.2 Å². The summed E-state index contributed by atoms with van der Waals surface area (Å²) in [6, 6.07) is 5.13. The second kappa shape index (κ2) is 6.68. The number of aromatic hydroxyl groups is 1. The fraction of sp³-hybridized carbons (Fsp3) is 0.278. The smallest absolute Gasteiger partial charge is 0.160 e. The third-order valence-electron chi connectivity index (χ3n) is 4.34. The summed E-state index contributed by atoms with van der Waals surface area (Å²) in [5.41, 5.74) is 5.17. The maximum absolute atomic E-state index is 9.83. The highest BCUT2D eigenvalue weighted by atomic mass is 32.1. The molecule has 128 valence electrons. The van der Waals surface area contributed by atoms with E-state index in [1.165, 1.54) is 30.4 Å². The van der Waals surface area contributed by atoms with E-state index in [4.69, 9.17) is 4.74 Å². The molecule has 4 rings (SSSR count). The Morgan fingerprint density at radius 3 is 3.00 bits per heavy atom. The van der Waals surface area contributed by atoms with Crippen LogP contribution >= 0.6 is 11.3 Å². The molecular formula is C18H18N4O2S. The van der Waals surface area contributed by atoms with Gasteiger partial charge in [-0.15, -0.1) is 11.3 Å². The van der Waals surface area contributed by atoms with Crippen LogP contribution in [-0.4, -0.2) is 28.4 Å². The van der Waals surface area contributed by atoms with Gasteiger partial charge in [-0.25, -0.2) is 9.97 Å². The van der Waals surface area contributed by atoms with Crippen LogP contribution in [0.15, 0.2) is 29.6 Å². The maximum Gasteiger partial charge on any atom is 0.160 e. The van der Waals surface area contributed by atoms with E-state index in [1.807, 2.05) is 6.07 Å². The van der Waals surface area contributed by atoms with E-state index >= 15 is 0 Å². The number of phenols is 1. The minimum absolute atomic E-state index is 0.0859. The topological polar surface area (TPSA) is 79.6 Å². The summed E-state index contributed by atoms with van der Waals surface area (Å²) in [5, 5.41) is 15.2. The summed E-state index contributed by atoms with van der Waals surface area (Å²) in [5.74, 6) is 1.26. The average molecular weight is 354 g/mol. The number of benzene rings is 1. The minimum atomic E-state index is 0.0859. The Bertz CT molecular complexity index is 952. The standard InChI is InChI=1S/C18H18N4O2S/c1-24-14-7-6-11(8-13(14)23)9-21-22-17-16-12-4-2-3-5-15(12)25-18(16)20-10-19-17/h6-10,23H,2-5H2,1H3,(H,19,20,22)/b21-9-. The number of ether oxygens (including phenoxy) is 1. The zero-order valence-corrected chi connectivity index (χ0v) is 14.6. The van der Waals surface area contributed by atoms with Crippen LogP contribution in [0.5, 0.6) is 11.5 Å². The van der Waals surface area contributed by atoms with Gasteiger partial charge in [0.05, 0.1) is 18.7 Å². The number of anilines is 1. The van der Waals surface area contributed by atoms with E-state index in [0.29, 0.717) is 5.75 Å². The molecule has 0 amide bonds. The van der Waals surface area contributed by atoms with Crippen molar-refractivity contribution >= 4 is 33.6 Å². The van der Waals surface area contributed by atoms with Crippen molar-refractivity contribution in [2.24, 2.45) is 5.10 Å². The monoisotopic (exact) mass is 354 g/mol. The predicted molar refractivity (Wildman–Crippen MR) is 99.9 cm³/mol. The second-order valence-corrected chi connectivity index (χ2v) is 7.00. The van der Waals surface area contributed by atoms with Crippen molar-refractivity contribution in [3.63, 3.8) is 0 Å². The number of methoxy groups -OCH3 is 1. The Labute approximate surface area is 149 Å². The Morgan fingerprint density at radius 1 is 1.28 bits per heavy atom. The summed E-state index contributed by atoms with van der Waals surface area (Å²) in [6.07, 6.45) is 7.88. The number of hydrazone groups is 1. The average Bonchev–Trinajstić information content (AvgIpc) is 3.01. The first-order valence-corrected chi connectivity index (χ1v) is 8.99. The van der Waals surface area contributed by atoms with E-state index < -0.39 is 0 Å². The predicted octanol–water partition coefficient (Wildman–Crippen LogP) is 3.73. The zero-order valence-electron chi connectivity index (χ0n) is 13.8. The third-order valence-corrected chi connectivity index (χ3v) is 5.54. The van der Waals surface area contributed by atoms with Gasteiger partial charge in [0.1, 0.15) is 11.2 Å². The summed E-state index contributed by atoms with van der Waals surface area (Å²) >= 11 is 1.76. The lowest BCUT2D eigenvalue weighted by Gasteiger charge is -2.11. The Hall–Kier alpha value is -2.67. The Kier molecular flexibility index (Phi) is 4.23. The number of nitrogens with one attached hydrogen (secondary N) is 1. The molecule has 0 bridgehead atoms. The first-order chi connectivity index (χ1) is 12.3. The fourth-order valence-electron chi connectivity index (χ4n) is 3.13. The summed E-state index contributed by atoms with van der Waals surface area (Å²) < 4.78 is 5.04. The van der Waals surface area contributed by atoms with Gasteiger partial charge in [0.25, 0.3) is 0 Å². The molecule has 0 spiro atoms. The number of aromatic nitrogens is 2. The van der Waals surface area contributed by atoms with Gasteiger partial charge in [-0.05, 0) is 55.0 Å². The van der Waals surface area contributed by atoms with Gasteiger partial charge in [0.15, 0.2) is 17.3 Å². The van der Waals surface area contributed by atoms with Gasteiger partial charge < -0.3 is 9.84 Å². The van der Waals surface area contributed by atoms with Gasteiger partial charge in [-0.2, -0.15) is 5.10 Å². The number of rotatable bonds is 4. The van der Waals surface area contributed by atoms with E-state index in [1.54, 1.807) is 36.0 Å². The highest BCUT2D eigenvalue weighted by Crippen LogP contribution is 2.38. The molecule has 0 unspecified atom stereocenters. The number of aryl methyl sites for hydroxylation is 2. The molecule has 0 radical (unpaired) electrons. The molecule has 0 saturated carbocycles. The molecule has 0 atom stereocenters. The van der Waals surface area contributed by atoms with Crippen molar-refractivity contribution in [3.8, 4) is 11.5 Å². The lowest BCUT2D eigenvalue weighted by molar-refractivity contribution is 0.373. The van der Waals surface area contributed by atoms with Crippen LogP contribution in [0.1, 0.15) is 28.8 Å². The Balaban J connectivity index is 1.61.